The third-order valence-corrected chi connectivity index (χ3v) is 3.56. The molecule has 3 rings (SSSR count). The molecule has 0 aromatic carbocycles. The molecule has 1 saturated heterocycles. The maximum absolute atomic E-state index is 12.9. The summed E-state index contributed by atoms with van der Waals surface area (Å²) in [7, 11) is 0. The fraction of sp³-hybridized carbons (Fsp3) is 0.500. The number of carbonyl (C=O) groups excluding carboxylic acids is 1. The molecule has 1 unspecified atom stereocenters. The minimum atomic E-state index is -1.71. The fourth-order valence-corrected chi connectivity index (χ4v) is 2.49. The van der Waals surface area contributed by atoms with E-state index in [0.29, 0.717) is 0 Å². The average Bonchev–Trinajstić information content (AvgIpc) is 2.92. The number of quaternary nitrogens is 1. The molecule has 0 radical (unpaired) electrons. The summed E-state index contributed by atoms with van der Waals surface area (Å²) < 4.78 is 3.51. The molecule has 0 spiro atoms. The standard InChI is InChI=1S/C10H13N5O6/c11-9-13-7-6(8(18)14-9)12-10(19)15(7,20)5-1-3(17)4(2-16)21-5/h3-5,16-17H,1-2H2,(H,12,19)(H3,11,13,14,18)/t3-,4+,5+,15?/m0/s1. The lowest BCUT2D eigenvalue weighted by Crippen LogP contribution is -2.55. The van der Waals surface area contributed by atoms with E-state index in [0.717, 1.165) is 0 Å². The Morgan fingerprint density at radius 1 is 1.52 bits per heavy atom. The van der Waals surface area contributed by atoms with Crippen molar-refractivity contribution in [1.29, 1.82) is 0 Å². The number of ether oxygens (including phenoxy) is 1. The Bertz CT molecular complexity index is 662. The normalized spacial score (nSPS) is 34.8. The zero-order valence-corrected chi connectivity index (χ0v) is 10.6. The highest BCUT2D eigenvalue weighted by atomic mass is 16.7. The van der Waals surface area contributed by atoms with Crippen LogP contribution in [0.2, 0.25) is 0 Å². The van der Waals surface area contributed by atoms with Gasteiger partial charge in [0.15, 0.2) is 5.69 Å². The summed E-state index contributed by atoms with van der Waals surface area (Å²) in [6, 6.07) is -1.07. The van der Waals surface area contributed by atoms with Gasteiger partial charge in [0, 0.05) is 0 Å². The molecular weight excluding hydrogens is 286 g/mol. The number of fused-ring (bicyclic) bond motifs is 1. The predicted molar refractivity (Wildman–Crippen MR) is 69.8 cm³/mol. The van der Waals surface area contributed by atoms with Crippen molar-refractivity contribution >= 4 is 23.5 Å². The van der Waals surface area contributed by atoms with Crippen LogP contribution in [0.4, 0.5) is 22.2 Å². The smallest absolute Gasteiger partial charge is 0.430 e. The van der Waals surface area contributed by atoms with Crippen LogP contribution in [0.1, 0.15) is 6.42 Å². The number of nitrogen functional groups attached to an aromatic ring is 1. The van der Waals surface area contributed by atoms with Gasteiger partial charge >= 0.3 is 6.03 Å². The number of amides is 2. The van der Waals surface area contributed by atoms with Crippen molar-refractivity contribution in [3.8, 4) is 0 Å². The highest BCUT2D eigenvalue weighted by molar-refractivity contribution is 6.07. The molecule has 0 saturated carbocycles. The second-order valence-corrected chi connectivity index (χ2v) is 4.85. The van der Waals surface area contributed by atoms with Gasteiger partial charge in [0.2, 0.25) is 12.2 Å². The summed E-state index contributed by atoms with van der Waals surface area (Å²) in [5.41, 5.74) is 4.35. The van der Waals surface area contributed by atoms with Crippen LogP contribution in [0.15, 0.2) is 4.79 Å². The molecular formula is C10H13N5O6. The average molecular weight is 299 g/mol. The number of hydrogen-bond acceptors (Lipinski definition) is 8. The van der Waals surface area contributed by atoms with Crippen molar-refractivity contribution in [3.05, 3.63) is 15.6 Å². The van der Waals surface area contributed by atoms with Gasteiger partial charge in [-0.15, -0.1) is 0 Å². The number of aromatic nitrogens is 2. The number of aliphatic hydroxyl groups is 2. The van der Waals surface area contributed by atoms with E-state index in [4.69, 9.17) is 15.6 Å². The zero-order valence-electron chi connectivity index (χ0n) is 10.6. The lowest BCUT2D eigenvalue weighted by Gasteiger charge is -2.37. The number of nitrogens with one attached hydrogen (secondary N) is 2. The Labute approximate surface area is 117 Å². The van der Waals surface area contributed by atoms with Crippen LogP contribution in [0, 0.1) is 5.21 Å². The first kappa shape index (κ1) is 13.9. The number of H-pyrrole nitrogens is 1. The molecule has 0 aliphatic carbocycles. The van der Waals surface area contributed by atoms with Gasteiger partial charge < -0.3 is 25.9 Å². The summed E-state index contributed by atoms with van der Waals surface area (Å²) in [6.45, 7) is -0.503. The number of rotatable bonds is 2. The number of aromatic amines is 1. The number of aliphatic hydroxyl groups excluding tert-OH is 2. The maximum Gasteiger partial charge on any atom is 0.430 e. The van der Waals surface area contributed by atoms with Gasteiger partial charge in [-0.05, 0) is 0 Å². The Morgan fingerprint density at radius 3 is 2.86 bits per heavy atom. The van der Waals surface area contributed by atoms with Crippen molar-refractivity contribution in [2.24, 2.45) is 0 Å². The van der Waals surface area contributed by atoms with Crippen molar-refractivity contribution in [3.63, 3.8) is 0 Å². The summed E-state index contributed by atoms with van der Waals surface area (Å²) in [5.74, 6) is -0.733. The van der Waals surface area contributed by atoms with E-state index in [9.17, 15) is 19.9 Å². The van der Waals surface area contributed by atoms with E-state index >= 15 is 0 Å². The van der Waals surface area contributed by atoms with E-state index in [2.05, 4.69) is 15.3 Å². The molecule has 0 bridgehead atoms. The van der Waals surface area contributed by atoms with E-state index in [-0.39, 0.29) is 18.1 Å². The Balaban J connectivity index is 2.07. The summed E-state index contributed by atoms with van der Waals surface area (Å²) in [4.78, 5) is 29.6. The third-order valence-electron chi connectivity index (χ3n) is 3.56. The molecule has 4 atom stereocenters. The van der Waals surface area contributed by atoms with E-state index in [1.165, 1.54) is 0 Å². The van der Waals surface area contributed by atoms with Gasteiger partial charge in [0.1, 0.15) is 6.10 Å². The lowest BCUT2D eigenvalue weighted by molar-refractivity contribution is -0.0502. The van der Waals surface area contributed by atoms with Crippen molar-refractivity contribution < 1.29 is 19.7 Å². The number of urea groups is 1. The SMILES string of the molecule is Nc1nc2c(c(=O)[nH]1)NC(=O)[N+]2([O-])[C@H]1C[C@H](O)[C@@H](CO)O1. The van der Waals surface area contributed by atoms with Crippen LogP contribution in [-0.2, 0) is 4.74 Å². The highest BCUT2D eigenvalue weighted by Gasteiger charge is 2.54. The molecule has 3 heterocycles. The van der Waals surface area contributed by atoms with Crippen LogP contribution in [-0.4, -0.2) is 51.3 Å². The summed E-state index contributed by atoms with van der Waals surface area (Å²) in [5, 5.41) is 33.8. The first-order valence-electron chi connectivity index (χ1n) is 6.14. The fourth-order valence-electron chi connectivity index (χ4n) is 2.49. The molecule has 11 heteroatoms. The second-order valence-electron chi connectivity index (χ2n) is 4.85. The number of carbonyl (C=O) groups is 1. The van der Waals surface area contributed by atoms with Gasteiger partial charge in [0.25, 0.3) is 11.4 Å². The largest absolute Gasteiger partial charge is 0.615 e. The number of anilines is 2. The number of hydroxylamine groups is 2. The Hall–Kier alpha value is -2.05. The van der Waals surface area contributed by atoms with Crippen LogP contribution >= 0.6 is 0 Å². The second kappa shape index (κ2) is 4.47. The van der Waals surface area contributed by atoms with Gasteiger partial charge in [0.05, 0.1) is 19.1 Å². The zero-order chi connectivity index (χ0) is 15.4. The molecule has 2 aliphatic rings. The predicted octanol–water partition coefficient (Wildman–Crippen LogP) is -1.83. The monoisotopic (exact) mass is 299 g/mol. The maximum atomic E-state index is 12.9. The van der Waals surface area contributed by atoms with Crippen LogP contribution in [0.25, 0.3) is 0 Å². The highest BCUT2D eigenvalue weighted by Crippen LogP contribution is 2.40. The van der Waals surface area contributed by atoms with E-state index in [1.807, 2.05) is 0 Å². The van der Waals surface area contributed by atoms with Crippen molar-refractivity contribution in [2.75, 3.05) is 17.7 Å². The van der Waals surface area contributed by atoms with Crippen LogP contribution < -0.4 is 21.3 Å². The Morgan fingerprint density at radius 2 is 2.24 bits per heavy atom. The Kier molecular flexibility index (Phi) is 2.96. The molecule has 1 fully saturated rings. The summed E-state index contributed by atoms with van der Waals surface area (Å²) in [6.07, 6.45) is -3.59. The molecule has 114 valence electrons. The molecule has 1 aromatic heterocycles. The van der Waals surface area contributed by atoms with Gasteiger partial charge in [-0.2, -0.15) is 4.98 Å². The number of hydrogen-bond donors (Lipinski definition) is 5. The van der Waals surface area contributed by atoms with Crippen molar-refractivity contribution in [2.45, 2.75) is 24.9 Å². The minimum Gasteiger partial charge on any atom is -0.615 e. The summed E-state index contributed by atoms with van der Waals surface area (Å²) >= 11 is 0. The topological polar surface area (TPSA) is 174 Å². The third kappa shape index (κ3) is 1.83. The van der Waals surface area contributed by atoms with Crippen molar-refractivity contribution in [1.82, 2.24) is 14.6 Å². The van der Waals surface area contributed by atoms with E-state index in [1.54, 1.807) is 0 Å². The van der Waals surface area contributed by atoms with Gasteiger partial charge in [-0.3, -0.25) is 15.1 Å². The number of nitrogens with two attached hydrogens (primary N) is 1. The lowest BCUT2D eigenvalue weighted by atomic mass is 10.2. The van der Waals surface area contributed by atoms with Gasteiger partial charge in [-0.25, -0.2) is 9.44 Å². The van der Waals surface area contributed by atoms with Crippen LogP contribution in [0.5, 0.6) is 0 Å². The van der Waals surface area contributed by atoms with Gasteiger partial charge in [-0.1, -0.05) is 0 Å². The van der Waals surface area contributed by atoms with Crippen LogP contribution in [0.3, 0.4) is 0 Å². The van der Waals surface area contributed by atoms with E-state index < -0.39 is 47.1 Å². The quantitative estimate of drug-likeness (QED) is 0.313. The molecule has 1 aromatic rings. The molecule has 11 nitrogen and oxygen atoms in total. The number of nitrogens with zero attached hydrogens (tertiary/aromatic N) is 2. The molecule has 2 amide bonds. The minimum absolute atomic E-state index is 0.185. The molecule has 6 N–H and O–H groups in total. The molecule has 21 heavy (non-hydrogen) atoms. The first-order valence-corrected chi connectivity index (χ1v) is 6.14. The molecule has 2 aliphatic heterocycles. The first-order chi connectivity index (χ1) is 9.87.